The Labute approximate surface area is 184 Å². The second kappa shape index (κ2) is 7.71. The van der Waals surface area contributed by atoms with Crippen molar-refractivity contribution in [2.24, 2.45) is 4.99 Å². The fraction of sp³-hybridized carbons (Fsp3) is 0.125. The van der Waals surface area contributed by atoms with E-state index in [-0.39, 0.29) is 6.04 Å². The van der Waals surface area contributed by atoms with Crippen LogP contribution in [0.15, 0.2) is 77.8 Å². The maximum absolute atomic E-state index is 6.56. The largest absolute Gasteiger partial charge is 0.249 e. The van der Waals surface area contributed by atoms with Gasteiger partial charge in [-0.05, 0) is 36.2 Å². The lowest BCUT2D eigenvalue weighted by molar-refractivity contribution is 0.532. The Kier molecular flexibility index (Phi) is 4.89. The molecule has 1 aromatic heterocycles. The molecule has 1 atom stereocenters. The fourth-order valence-electron chi connectivity index (χ4n) is 3.67. The fourth-order valence-corrected chi connectivity index (χ4v) is 4.06. The summed E-state index contributed by atoms with van der Waals surface area (Å²) in [5, 5.41) is 6.21. The van der Waals surface area contributed by atoms with Gasteiger partial charge in [-0.1, -0.05) is 83.4 Å². The lowest BCUT2D eigenvalue weighted by Gasteiger charge is -2.24. The van der Waals surface area contributed by atoms with Gasteiger partial charge < -0.3 is 0 Å². The maximum atomic E-state index is 6.56. The van der Waals surface area contributed by atoms with Gasteiger partial charge in [0.1, 0.15) is 0 Å². The van der Waals surface area contributed by atoms with Crippen molar-refractivity contribution in [3.63, 3.8) is 0 Å². The molecule has 0 radical (unpaired) electrons. The van der Waals surface area contributed by atoms with Gasteiger partial charge in [0.05, 0.1) is 11.8 Å². The molecule has 0 amide bonds. The van der Waals surface area contributed by atoms with Crippen molar-refractivity contribution in [3.8, 4) is 11.4 Å². The van der Waals surface area contributed by atoms with Crippen molar-refractivity contribution in [2.75, 3.05) is 0 Å². The van der Waals surface area contributed by atoms with E-state index in [1.165, 1.54) is 5.56 Å². The van der Waals surface area contributed by atoms with Gasteiger partial charge in [-0.15, -0.1) is 5.10 Å². The van der Waals surface area contributed by atoms with Gasteiger partial charge in [0.15, 0.2) is 5.82 Å². The minimum atomic E-state index is -0.0939. The summed E-state index contributed by atoms with van der Waals surface area (Å²) in [6.45, 7) is 2.06. The monoisotopic (exact) mass is 432 g/mol. The van der Waals surface area contributed by atoms with Crippen LogP contribution in [-0.4, -0.2) is 20.5 Å². The highest BCUT2D eigenvalue weighted by Gasteiger charge is 2.29. The molecule has 0 bridgehead atoms. The van der Waals surface area contributed by atoms with Crippen molar-refractivity contribution < 1.29 is 0 Å². The average molecular weight is 433 g/mol. The van der Waals surface area contributed by atoms with E-state index < -0.39 is 0 Å². The zero-order valence-electron chi connectivity index (χ0n) is 16.3. The number of rotatable bonds is 3. The molecular formula is C24H18Cl2N4. The second-order valence-corrected chi connectivity index (χ2v) is 8.20. The predicted octanol–water partition coefficient (Wildman–Crippen LogP) is 6.67. The van der Waals surface area contributed by atoms with Gasteiger partial charge in [-0.2, -0.15) is 4.98 Å². The Balaban J connectivity index is 1.65. The van der Waals surface area contributed by atoms with Crippen LogP contribution in [0.2, 0.25) is 10.0 Å². The van der Waals surface area contributed by atoms with Crippen LogP contribution in [0, 0.1) is 6.92 Å². The number of aryl methyl sites for hydroxylation is 1. The molecule has 0 spiro atoms. The summed E-state index contributed by atoms with van der Waals surface area (Å²) in [5.41, 5.74) is 5.11. The summed E-state index contributed by atoms with van der Waals surface area (Å²) in [6.07, 6.45) is 0.662. The molecule has 3 aromatic carbocycles. The first-order valence-electron chi connectivity index (χ1n) is 9.70. The number of fused-ring (bicyclic) bond motifs is 1. The van der Waals surface area contributed by atoms with Crippen LogP contribution in [0.5, 0.6) is 0 Å². The molecule has 0 saturated heterocycles. The summed E-state index contributed by atoms with van der Waals surface area (Å²) >= 11 is 12.6. The van der Waals surface area contributed by atoms with Gasteiger partial charge in [-0.3, -0.25) is 0 Å². The maximum Gasteiger partial charge on any atom is 0.249 e. The average Bonchev–Trinajstić information content (AvgIpc) is 3.19. The highest BCUT2D eigenvalue weighted by atomic mass is 35.5. The smallest absolute Gasteiger partial charge is 0.221 e. The summed E-state index contributed by atoms with van der Waals surface area (Å²) < 4.78 is 1.88. The van der Waals surface area contributed by atoms with Crippen molar-refractivity contribution >= 4 is 34.9 Å². The third-order valence-corrected chi connectivity index (χ3v) is 5.88. The molecule has 5 rings (SSSR count). The Bertz CT molecular complexity index is 1240. The first-order valence-corrected chi connectivity index (χ1v) is 10.5. The minimum absolute atomic E-state index is 0.0939. The SMILES string of the molecule is Cc1ccc(-c2nc3n(n2)C(c2ccccc2Cl)CC(c2ccc(Cl)cc2)=N3)cc1. The molecule has 1 aliphatic heterocycles. The van der Waals surface area contributed by atoms with Crippen molar-refractivity contribution in [1.29, 1.82) is 0 Å². The summed E-state index contributed by atoms with van der Waals surface area (Å²) in [7, 11) is 0. The van der Waals surface area contributed by atoms with Crippen LogP contribution in [0.4, 0.5) is 5.95 Å². The molecule has 1 unspecified atom stereocenters. The number of aliphatic imine (C=N–C) groups is 1. The van der Waals surface area contributed by atoms with Gasteiger partial charge >= 0.3 is 0 Å². The summed E-state index contributed by atoms with van der Waals surface area (Å²) in [6, 6.07) is 23.7. The Morgan fingerprint density at radius 3 is 2.30 bits per heavy atom. The third kappa shape index (κ3) is 3.53. The first kappa shape index (κ1) is 19.0. The van der Waals surface area contributed by atoms with Crippen LogP contribution in [0.3, 0.4) is 0 Å². The van der Waals surface area contributed by atoms with E-state index >= 15 is 0 Å². The number of hydrogen-bond donors (Lipinski definition) is 0. The molecule has 0 N–H and O–H groups in total. The van der Waals surface area contributed by atoms with E-state index in [1.807, 2.05) is 65.3 Å². The number of halogens is 2. The zero-order chi connectivity index (χ0) is 20.7. The van der Waals surface area contributed by atoms with Gasteiger partial charge in [0.2, 0.25) is 5.95 Å². The van der Waals surface area contributed by atoms with Crippen LogP contribution in [-0.2, 0) is 0 Å². The highest BCUT2D eigenvalue weighted by Crippen LogP contribution is 2.37. The molecule has 2 heterocycles. The first-order chi connectivity index (χ1) is 14.6. The van der Waals surface area contributed by atoms with Crippen LogP contribution >= 0.6 is 23.2 Å². The van der Waals surface area contributed by atoms with Crippen LogP contribution < -0.4 is 0 Å². The number of benzene rings is 3. The number of nitrogens with zero attached hydrogens (tertiary/aromatic N) is 4. The third-order valence-electron chi connectivity index (χ3n) is 5.28. The summed E-state index contributed by atoms with van der Waals surface area (Å²) in [4.78, 5) is 9.58. The lowest BCUT2D eigenvalue weighted by atomic mass is 9.96. The molecule has 4 aromatic rings. The number of aromatic nitrogens is 3. The molecule has 0 aliphatic carbocycles. The van der Waals surface area contributed by atoms with Crippen molar-refractivity contribution in [1.82, 2.24) is 14.8 Å². The quantitative estimate of drug-likeness (QED) is 0.362. The van der Waals surface area contributed by atoms with Gasteiger partial charge in [0.25, 0.3) is 0 Å². The molecular weight excluding hydrogens is 415 g/mol. The molecule has 0 fully saturated rings. The van der Waals surface area contributed by atoms with Gasteiger partial charge in [0, 0.05) is 22.0 Å². The molecule has 148 valence electrons. The molecule has 30 heavy (non-hydrogen) atoms. The highest BCUT2D eigenvalue weighted by molar-refractivity contribution is 6.31. The van der Waals surface area contributed by atoms with E-state index in [0.717, 1.165) is 22.4 Å². The Morgan fingerprint density at radius 1 is 0.867 bits per heavy atom. The molecule has 4 nitrogen and oxygen atoms in total. The van der Waals surface area contributed by atoms with E-state index in [4.69, 9.17) is 38.3 Å². The van der Waals surface area contributed by atoms with E-state index in [2.05, 4.69) is 19.1 Å². The van der Waals surface area contributed by atoms with Crippen molar-refractivity contribution in [2.45, 2.75) is 19.4 Å². The predicted molar refractivity (Wildman–Crippen MR) is 122 cm³/mol. The molecule has 1 aliphatic rings. The lowest BCUT2D eigenvalue weighted by Crippen LogP contribution is -2.21. The Hall–Kier alpha value is -2.95. The minimum Gasteiger partial charge on any atom is -0.221 e. The number of hydrogen-bond acceptors (Lipinski definition) is 3. The van der Waals surface area contributed by atoms with E-state index in [0.29, 0.717) is 28.2 Å². The van der Waals surface area contributed by atoms with E-state index in [1.54, 1.807) is 0 Å². The second-order valence-electron chi connectivity index (χ2n) is 7.35. The summed E-state index contributed by atoms with van der Waals surface area (Å²) in [5.74, 6) is 1.23. The Morgan fingerprint density at radius 2 is 1.57 bits per heavy atom. The van der Waals surface area contributed by atoms with Crippen LogP contribution in [0.25, 0.3) is 11.4 Å². The molecule has 6 heteroatoms. The van der Waals surface area contributed by atoms with Crippen molar-refractivity contribution in [3.05, 3.63) is 99.5 Å². The molecule has 0 saturated carbocycles. The van der Waals surface area contributed by atoms with E-state index in [9.17, 15) is 0 Å². The van der Waals surface area contributed by atoms with Gasteiger partial charge in [-0.25, -0.2) is 9.67 Å². The zero-order valence-corrected chi connectivity index (χ0v) is 17.8. The van der Waals surface area contributed by atoms with Crippen LogP contribution in [0.1, 0.15) is 29.2 Å². The normalized spacial score (nSPS) is 15.6. The topological polar surface area (TPSA) is 43.1 Å². The standard InChI is InChI=1S/C24H18Cl2N4/c1-15-6-8-17(9-7-15)23-28-24-27-21(16-10-12-18(25)13-11-16)14-22(30(24)29-23)19-4-2-3-5-20(19)26/h2-13,22H,14H2,1H3.